The lowest BCUT2D eigenvalue weighted by molar-refractivity contribution is -0.151. The number of anilines is 1. The number of esters is 1. The molecule has 0 atom stereocenters. The maximum absolute atomic E-state index is 12.6. The second-order valence-electron chi connectivity index (χ2n) is 7.03. The van der Waals surface area contributed by atoms with Crippen molar-refractivity contribution in [2.24, 2.45) is 5.92 Å². The van der Waals surface area contributed by atoms with Crippen LogP contribution >= 0.6 is 0 Å². The Morgan fingerprint density at radius 3 is 2.45 bits per heavy atom. The average Bonchev–Trinajstić information content (AvgIpc) is 2.77. The van der Waals surface area contributed by atoms with Gasteiger partial charge in [-0.2, -0.15) is 0 Å². The van der Waals surface area contributed by atoms with Crippen LogP contribution in [0, 0.1) is 5.92 Å². The molecule has 0 saturated carbocycles. The van der Waals surface area contributed by atoms with Crippen LogP contribution in [0.5, 0.6) is 5.75 Å². The van der Waals surface area contributed by atoms with Crippen LogP contribution < -0.4 is 10.1 Å². The first kappa shape index (κ1) is 20.7. The third kappa shape index (κ3) is 5.98. The van der Waals surface area contributed by atoms with Crippen LogP contribution in [0.1, 0.15) is 25.3 Å². The number of nitrogens with zero attached hydrogens (tertiary/aromatic N) is 1. The smallest absolute Gasteiger partial charge is 0.309 e. The van der Waals surface area contributed by atoms with Gasteiger partial charge in [0.25, 0.3) is 0 Å². The second kappa shape index (κ2) is 10.5. The molecule has 1 N–H and O–H groups in total. The summed E-state index contributed by atoms with van der Waals surface area (Å²) in [7, 11) is 0. The van der Waals surface area contributed by atoms with E-state index < -0.39 is 0 Å². The van der Waals surface area contributed by atoms with Crippen LogP contribution in [0.4, 0.5) is 5.69 Å². The van der Waals surface area contributed by atoms with Crippen LogP contribution in [-0.2, 0) is 20.9 Å². The van der Waals surface area contributed by atoms with Crippen molar-refractivity contribution in [1.82, 2.24) is 4.90 Å². The summed E-state index contributed by atoms with van der Waals surface area (Å²) >= 11 is 0. The minimum atomic E-state index is -0.151. The molecule has 0 aliphatic carbocycles. The number of piperidine rings is 1. The van der Waals surface area contributed by atoms with Gasteiger partial charge < -0.3 is 19.7 Å². The molecule has 2 aromatic carbocycles. The average molecular weight is 396 g/mol. The zero-order valence-corrected chi connectivity index (χ0v) is 16.8. The summed E-state index contributed by atoms with van der Waals surface area (Å²) in [5, 5.41) is 3.19. The Morgan fingerprint density at radius 1 is 1.03 bits per heavy atom. The topological polar surface area (TPSA) is 67.9 Å². The van der Waals surface area contributed by atoms with Gasteiger partial charge in [0, 0.05) is 13.1 Å². The molecule has 6 heteroatoms. The van der Waals surface area contributed by atoms with E-state index >= 15 is 0 Å². The van der Waals surface area contributed by atoms with E-state index in [1.807, 2.05) is 61.5 Å². The molecule has 1 aliphatic rings. The van der Waals surface area contributed by atoms with E-state index in [1.165, 1.54) is 0 Å². The lowest BCUT2D eigenvalue weighted by atomic mass is 9.97. The van der Waals surface area contributed by atoms with E-state index in [0.29, 0.717) is 44.9 Å². The van der Waals surface area contributed by atoms with Gasteiger partial charge in [-0.05, 0) is 37.5 Å². The van der Waals surface area contributed by atoms with Gasteiger partial charge in [-0.3, -0.25) is 9.59 Å². The van der Waals surface area contributed by atoms with Gasteiger partial charge in [-0.25, -0.2) is 0 Å². The van der Waals surface area contributed by atoms with Crippen molar-refractivity contribution in [3.05, 3.63) is 60.2 Å². The molecule has 0 bridgehead atoms. The number of hydrogen-bond acceptors (Lipinski definition) is 5. The summed E-state index contributed by atoms with van der Waals surface area (Å²) < 4.78 is 11.0. The third-order valence-corrected chi connectivity index (χ3v) is 5.02. The first-order valence-electron chi connectivity index (χ1n) is 10.1. The molecule has 0 radical (unpaired) electrons. The van der Waals surface area contributed by atoms with Crippen molar-refractivity contribution in [3.8, 4) is 5.75 Å². The highest BCUT2D eigenvalue weighted by molar-refractivity contribution is 5.82. The predicted octanol–water partition coefficient (Wildman–Crippen LogP) is 3.48. The third-order valence-electron chi connectivity index (χ3n) is 5.02. The number of carbonyl (C=O) groups is 2. The van der Waals surface area contributed by atoms with Crippen molar-refractivity contribution >= 4 is 17.6 Å². The summed E-state index contributed by atoms with van der Waals surface area (Å²) in [5.74, 6) is 0.483. The molecule has 1 amide bonds. The van der Waals surface area contributed by atoms with Gasteiger partial charge in [0.1, 0.15) is 12.4 Å². The van der Waals surface area contributed by atoms with Gasteiger partial charge in [0.2, 0.25) is 5.91 Å². The second-order valence-corrected chi connectivity index (χ2v) is 7.03. The van der Waals surface area contributed by atoms with Gasteiger partial charge in [0.15, 0.2) is 0 Å². The van der Waals surface area contributed by atoms with Crippen molar-refractivity contribution < 1.29 is 19.1 Å². The highest BCUT2D eigenvalue weighted by atomic mass is 16.5. The molecule has 1 heterocycles. The van der Waals surface area contributed by atoms with Gasteiger partial charge in [-0.15, -0.1) is 0 Å². The van der Waals surface area contributed by atoms with E-state index in [1.54, 1.807) is 4.90 Å². The number of carbonyl (C=O) groups excluding carboxylic acids is 2. The Labute approximate surface area is 171 Å². The number of ether oxygens (including phenoxy) is 2. The van der Waals surface area contributed by atoms with Crippen molar-refractivity contribution in [1.29, 1.82) is 0 Å². The van der Waals surface area contributed by atoms with E-state index in [9.17, 15) is 9.59 Å². The van der Waals surface area contributed by atoms with Crippen molar-refractivity contribution in [2.75, 3.05) is 31.6 Å². The van der Waals surface area contributed by atoms with Crippen LogP contribution in [0.3, 0.4) is 0 Å². The molecule has 2 aromatic rings. The first-order chi connectivity index (χ1) is 14.2. The molecule has 0 unspecified atom stereocenters. The standard InChI is InChI=1S/C23H28N2O4/c1-2-28-23(27)19-12-14-25(15-13-19)22(26)16-24-20-10-6-7-11-21(20)29-17-18-8-4-3-5-9-18/h3-11,19,24H,2,12-17H2,1H3. The number of hydrogen-bond donors (Lipinski definition) is 1. The summed E-state index contributed by atoms with van der Waals surface area (Å²) in [6.07, 6.45) is 1.31. The number of likely N-dealkylation sites (tertiary alicyclic amines) is 1. The Morgan fingerprint density at radius 2 is 1.72 bits per heavy atom. The fourth-order valence-corrected chi connectivity index (χ4v) is 3.38. The Kier molecular flexibility index (Phi) is 7.50. The molecule has 1 saturated heterocycles. The van der Waals surface area contributed by atoms with E-state index in [2.05, 4.69) is 5.32 Å². The Bertz CT molecular complexity index is 802. The summed E-state index contributed by atoms with van der Waals surface area (Å²) in [6, 6.07) is 17.6. The molecule has 1 fully saturated rings. The van der Waals surface area contributed by atoms with E-state index in [4.69, 9.17) is 9.47 Å². The summed E-state index contributed by atoms with van der Waals surface area (Å²) in [5.41, 5.74) is 1.88. The molecular formula is C23H28N2O4. The van der Waals surface area contributed by atoms with Crippen LogP contribution in [-0.4, -0.2) is 43.0 Å². The molecular weight excluding hydrogens is 368 g/mol. The quantitative estimate of drug-likeness (QED) is 0.692. The van der Waals surface area contributed by atoms with Crippen molar-refractivity contribution in [2.45, 2.75) is 26.4 Å². The number of benzene rings is 2. The highest BCUT2D eigenvalue weighted by Gasteiger charge is 2.28. The van der Waals surface area contributed by atoms with Crippen LogP contribution in [0.25, 0.3) is 0 Å². The minimum absolute atomic E-state index is 0.0187. The molecule has 29 heavy (non-hydrogen) atoms. The molecule has 0 aromatic heterocycles. The predicted molar refractivity (Wildman–Crippen MR) is 112 cm³/mol. The maximum Gasteiger partial charge on any atom is 0.309 e. The number of amides is 1. The molecule has 0 spiro atoms. The lowest BCUT2D eigenvalue weighted by Crippen LogP contribution is -2.43. The molecule has 154 valence electrons. The number of para-hydroxylation sites is 2. The summed E-state index contributed by atoms with van der Waals surface area (Å²) in [4.78, 5) is 26.2. The fraction of sp³-hybridized carbons (Fsp3) is 0.391. The van der Waals surface area contributed by atoms with Gasteiger partial charge in [0.05, 0.1) is 24.8 Å². The number of rotatable bonds is 8. The largest absolute Gasteiger partial charge is 0.487 e. The molecule has 3 rings (SSSR count). The van der Waals surface area contributed by atoms with Crippen molar-refractivity contribution in [3.63, 3.8) is 0 Å². The minimum Gasteiger partial charge on any atom is -0.487 e. The lowest BCUT2D eigenvalue weighted by Gasteiger charge is -2.31. The zero-order valence-electron chi connectivity index (χ0n) is 16.8. The Hall–Kier alpha value is -3.02. The van der Waals surface area contributed by atoms with E-state index in [0.717, 1.165) is 11.3 Å². The highest BCUT2D eigenvalue weighted by Crippen LogP contribution is 2.25. The van der Waals surface area contributed by atoms with Gasteiger partial charge >= 0.3 is 5.97 Å². The van der Waals surface area contributed by atoms with Crippen LogP contribution in [0.15, 0.2) is 54.6 Å². The summed E-state index contributed by atoms with van der Waals surface area (Å²) in [6.45, 7) is 4.02. The SMILES string of the molecule is CCOC(=O)C1CCN(C(=O)CNc2ccccc2OCc2ccccc2)CC1. The molecule has 6 nitrogen and oxygen atoms in total. The first-order valence-corrected chi connectivity index (χ1v) is 10.1. The van der Waals surface area contributed by atoms with E-state index in [-0.39, 0.29) is 24.3 Å². The van der Waals surface area contributed by atoms with Crippen LogP contribution in [0.2, 0.25) is 0 Å². The zero-order chi connectivity index (χ0) is 20.5. The fourth-order valence-electron chi connectivity index (χ4n) is 3.38. The monoisotopic (exact) mass is 396 g/mol. The number of nitrogens with one attached hydrogen (secondary N) is 1. The normalized spacial score (nSPS) is 14.3. The molecule has 1 aliphatic heterocycles. The van der Waals surface area contributed by atoms with Gasteiger partial charge in [-0.1, -0.05) is 42.5 Å². The maximum atomic E-state index is 12.6. The Balaban J connectivity index is 1.49.